The lowest BCUT2D eigenvalue weighted by atomic mass is 10.1. The summed E-state index contributed by atoms with van der Waals surface area (Å²) in [4.78, 5) is 42.9. The maximum absolute atomic E-state index is 12.7. The van der Waals surface area contributed by atoms with Gasteiger partial charge in [-0.2, -0.15) is 12.6 Å². The average Bonchev–Trinajstić information content (AvgIpc) is 3.17. The number of hydrogen-bond acceptors (Lipinski definition) is 7. The van der Waals surface area contributed by atoms with Crippen LogP contribution in [0.1, 0.15) is 20.7 Å². The van der Waals surface area contributed by atoms with Crippen molar-refractivity contribution in [1.29, 1.82) is 0 Å². The van der Waals surface area contributed by atoms with Gasteiger partial charge in [0.05, 0.1) is 27.9 Å². The van der Waals surface area contributed by atoms with Crippen molar-refractivity contribution in [3.63, 3.8) is 0 Å². The molecule has 0 saturated carbocycles. The SMILES string of the molecule is CNC(=O)c1ccccc1N(C)C(=O)Oc1ccccc1C(=O)NC1=NCC(S)S1. The number of benzene rings is 2. The lowest BCUT2D eigenvalue weighted by molar-refractivity contribution is 0.0959. The molecule has 3 rings (SSSR count). The zero-order valence-electron chi connectivity index (χ0n) is 16.3. The van der Waals surface area contributed by atoms with Crippen molar-refractivity contribution in [3.05, 3.63) is 59.7 Å². The molecule has 0 fully saturated rings. The fourth-order valence-corrected chi connectivity index (χ4v) is 3.78. The van der Waals surface area contributed by atoms with Crippen LogP contribution in [0.5, 0.6) is 5.75 Å². The summed E-state index contributed by atoms with van der Waals surface area (Å²) in [5, 5.41) is 5.71. The first-order valence-corrected chi connectivity index (χ1v) is 10.4. The van der Waals surface area contributed by atoms with Gasteiger partial charge in [-0.05, 0) is 24.3 Å². The normalized spacial score (nSPS) is 15.2. The van der Waals surface area contributed by atoms with Crippen molar-refractivity contribution in [3.8, 4) is 5.75 Å². The first-order valence-electron chi connectivity index (χ1n) is 8.97. The highest BCUT2D eigenvalue weighted by Gasteiger charge is 2.23. The lowest BCUT2D eigenvalue weighted by Gasteiger charge is -2.20. The van der Waals surface area contributed by atoms with Gasteiger partial charge in [-0.25, -0.2) is 4.79 Å². The second-order valence-corrected chi connectivity index (χ2v) is 8.36. The Bertz CT molecular complexity index is 1010. The third kappa shape index (κ3) is 4.95. The number of ether oxygens (including phenoxy) is 1. The second-order valence-electron chi connectivity index (χ2n) is 6.19. The summed E-state index contributed by atoms with van der Waals surface area (Å²) in [6.45, 7) is 0.509. The molecule has 0 radical (unpaired) electrons. The Hall–Kier alpha value is -2.98. The van der Waals surface area contributed by atoms with Crippen LogP contribution in [0.25, 0.3) is 0 Å². The molecule has 0 saturated heterocycles. The molecule has 2 aromatic rings. The molecule has 0 spiro atoms. The van der Waals surface area contributed by atoms with Crippen LogP contribution < -0.4 is 20.3 Å². The number of anilines is 1. The van der Waals surface area contributed by atoms with E-state index in [0.717, 1.165) is 0 Å². The number of aliphatic imine (C=N–C) groups is 1. The molecule has 0 aliphatic carbocycles. The number of carbonyl (C=O) groups excluding carboxylic acids is 3. The van der Waals surface area contributed by atoms with Crippen molar-refractivity contribution in [2.75, 3.05) is 25.5 Å². The summed E-state index contributed by atoms with van der Waals surface area (Å²) in [7, 11) is 3.00. The maximum atomic E-state index is 12.7. The maximum Gasteiger partial charge on any atom is 0.419 e. The first-order chi connectivity index (χ1) is 14.4. The van der Waals surface area contributed by atoms with Crippen LogP contribution in [0.3, 0.4) is 0 Å². The summed E-state index contributed by atoms with van der Waals surface area (Å²) >= 11 is 5.65. The lowest BCUT2D eigenvalue weighted by Crippen LogP contribution is -2.33. The topological polar surface area (TPSA) is 100 Å². The van der Waals surface area contributed by atoms with E-state index in [1.54, 1.807) is 42.5 Å². The van der Waals surface area contributed by atoms with Crippen molar-refractivity contribution < 1.29 is 19.1 Å². The molecule has 0 bridgehead atoms. The minimum atomic E-state index is -0.741. The van der Waals surface area contributed by atoms with Crippen LogP contribution in [-0.4, -0.2) is 48.3 Å². The highest BCUT2D eigenvalue weighted by Crippen LogP contribution is 2.25. The van der Waals surface area contributed by atoms with E-state index < -0.39 is 12.0 Å². The van der Waals surface area contributed by atoms with Crippen LogP contribution >= 0.6 is 24.4 Å². The molecular formula is C20H20N4O4S2. The first kappa shape index (κ1) is 21.7. The molecule has 30 heavy (non-hydrogen) atoms. The Morgan fingerprint density at radius 1 is 1.10 bits per heavy atom. The van der Waals surface area contributed by atoms with E-state index in [2.05, 4.69) is 28.3 Å². The monoisotopic (exact) mass is 444 g/mol. The number of amides is 3. The Morgan fingerprint density at radius 3 is 2.43 bits per heavy atom. The summed E-state index contributed by atoms with van der Waals surface area (Å²) < 4.78 is 5.47. The fraction of sp³-hybridized carbons (Fsp3) is 0.200. The number of rotatable bonds is 4. The van der Waals surface area contributed by atoms with Gasteiger partial charge in [-0.3, -0.25) is 19.5 Å². The van der Waals surface area contributed by atoms with Crippen LogP contribution in [0.2, 0.25) is 0 Å². The van der Waals surface area contributed by atoms with Crippen molar-refractivity contribution >= 4 is 53.2 Å². The van der Waals surface area contributed by atoms with Gasteiger partial charge < -0.3 is 15.4 Å². The van der Waals surface area contributed by atoms with Crippen LogP contribution in [0.15, 0.2) is 53.5 Å². The number of para-hydroxylation sites is 2. The zero-order valence-corrected chi connectivity index (χ0v) is 18.0. The zero-order chi connectivity index (χ0) is 21.7. The van der Waals surface area contributed by atoms with Gasteiger partial charge in [-0.1, -0.05) is 36.0 Å². The third-order valence-corrected chi connectivity index (χ3v) is 5.55. The molecule has 156 valence electrons. The van der Waals surface area contributed by atoms with E-state index in [4.69, 9.17) is 4.74 Å². The highest BCUT2D eigenvalue weighted by molar-refractivity contribution is 8.21. The summed E-state index contributed by atoms with van der Waals surface area (Å²) in [6.07, 6.45) is -0.741. The van der Waals surface area contributed by atoms with Crippen molar-refractivity contribution in [2.45, 2.75) is 4.58 Å². The third-order valence-electron chi connectivity index (χ3n) is 4.20. The number of amidine groups is 1. The molecule has 2 aromatic carbocycles. The van der Waals surface area contributed by atoms with E-state index >= 15 is 0 Å². The van der Waals surface area contributed by atoms with E-state index in [9.17, 15) is 14.4 Å². The van der Waals surface area contributed by atoms with Gasteiger partial charge in [0.15, 0.2) is 5.17 Å². The quantitative estimate of drug-likeness (QED) is 0.630. The Kier molecular flexibility index (Phi) is 7.01. The van der Waals surface area contributed by atoms with Gasteiger partial charge in [0.1, 0.15) is 5.75 Å². The average molecular weight is 445 g/mol. The number of nitrogens with zero attached hydrogens (tertiary/aromatic N) is 2. The van der Waals surface area contributed by atoms with Gasteiger partial charge in [0.25, 0.3) is 11.8 Å². The minimum absolute atomic E-state index is 0.00223. The Morgan fingerprint density at radius 2 is 1.77 bits per heavy atom. The molecule has 0 aromatic heterocycles. The molecule has 1 aliphatic rings. The Labute approximate surface area is 183 Å². The molecular weight excluding hydrogens is 424 g/mol. The predicted octanol–water partition coefficient (Wildman–Crippen LogP) is 2.77. The van der Waals surface area contributed by atoms with Gasteiger partial charge >= 0.3 is 6.09 Å². The predicted molar refractivity (Wildman–Crippen MR) is 121 cm³/mol. The molecule has 8 nitrogen and oxygen atoms in total. The molecule has 2 N–H and O–H groups in total. The van der Waals surface area contributed by atoms with Crippen LogP contribution in [-0.2, 0) is 0 Å². The highest BCUT2D eigenvalue weighted by atomic mass is 32.2. The number of nitrogens with one attached hydrogen (secondary N) is 2. The van der Waals surface area contributed by atoms with Gasteiger partial charge in [0.2, 0.25) is 0 Å². The largest absolute Gasteiger partial charge is 0.419 e. The second kappa shape index (κ2) is 9.68. The standard InChI is InChI=1S/C20H20N4O4S2/c1-21-17(25)12-7-3-5-9-14(12)24(2)20(27)28-15-10-6-4-8-13(15)18(26)23-19-22-11-16(29)30-19/h3-10,16,29H,11H2,1-2H3,(H,21,25)(H,22,23,26). The molecule has 3 amide bonds. The van der Waals surface area contributed by atoms with E-state index in [1.807, 2.05) is 0 Å². The number of thiol groups is 1. The number of thioether (sulfide) groups is 1. The molecule has 10 heteroatoms. The summed E-state index contributed by atoms with van der Waals surface area (Å²) in [5.74, 6) is -0.682. The van der Waals surface area contributed by atoms with E-state index in [1.165, 1.54) is 36.8 Å². The number of hydrogen-bond donors (Lipinski definition) is 3. The summed E-state index contributed by atoms with van der Waals surface area (Å²) in [5.41, 5.74) is 0.883. The fourth-order valence-electron chi connectivity index (χ4n) is 2.69. The van der Waals surface area contributed by atoms with E-state index in [0.29, 0.717) is 23.0 Å². The van der Waals surface area contributed by atoms with E-state index in [-0.39, 0.29) is 21.8 Å². The molecule has 1 aliphatic heterocycles. The minimum Gasteiger partial charge on any atom is -0.409 e. The van der Waals surface area contributed by atoms with Gasteiger partial charge in [-0.15, -0.1) is 0 Å². The van der Waals surface area contributed by atoms with Crippen molar-refractivity contribution in [1.82, 2.24) is 10.6 Å². The van der Waals surface area contributed by atoms with Crippen LogP contribution in [0.4, 0.5) is 10.5 Å². The molecule has 1 atom stereocenters. The smallest absolute Gasteiger partial charge is 0.409 e. The van der Waals surface area contributed by atoms with Gasteiger partial charge in [0, 0.05) is 14.1 Å². The molecule has 1 unspecified atom stereocenters. The molecule has 1 heterocycles. The van der Waals surface area contributed by atoms with Crippen molar-refractivity contribution in [2.24, 2.45) is 4.99 Å². The van der Waals surface area contributed by atoms with Crippen LogP contribution in [0, 0.1) is 0 Å². The number of carbonyl (C=O) groups is 3. The summed E-state index contributed by atoms with van der Waals surface area (Å²) in [6, 6.07) is 13.0. The Balaban J connectivity index is 1.78.